The van der Waals surface area contributed by atoms with Gasteiger partial charge >= 0.3 is 0 Å². The van der Waals surface area contributed by atoms with Gasteiger partial charge in [-0.25, -0.2) is 0 Å². The molecule has 0 aromatic carbocycles. The lowest BCUT2D eigenvalue weighted by atomic mass is 9.98. The molecular weight excluding hydrogens is 238 g/mol. The molecule has 0 aliphatic rings. The van der Waals surface area contributed by atoms with Crippen LogP contribution in [0.5, 0.6) is 0 Å². The first-order valence-corrected chi connectivity index (χ1v) is 7.32. The fourth-order valence-electron chi connectivity index (χ4n) is 1.74. The van der Waals surface area contributed by atoms with Crippen LogP contribution in [0.15, 0.2) is 12.1 Å². The lowest BCUT2D eigenvalue weighted by Crippen LogP contribution is -2.29. The van der Waals surface area contributed by atoms with E-state index in [1.807, 2.05) is 6.07 Å². The number of nitrogens with one attached hydrogen (secondary N) is 1. The van der Waals surface area contributed by atoms with Crippen LogP contribution in [0.4, 0.5) is 0 Å². The van der Waals surface area contributed by atoms with Crippen LogP contribution >= 0.6 is 22.9 Å². The average Bonchev–Trinajstić information content (AvgIpc) is 2.69. The first kappa shape index (κ1) is 14.0. The molecule has 0 aliphatic carbocycles. The van der Waals surface area contributed by atoms with Crippen LogP contribution in [0.1, 0.15) is 44.9 Å². The molecule has 0 amide bonds. The van der Waals surface area contributed by atoms with Crippen LogP contribution in [0.25, 0.3) is 0 Å². The molecule has 0 bridgehead atoms. The lowest BCUT2D eigenvalue weighted by molar-refractivity contribution is 0.385. The van der Waals surface area contributed by atoms with Crippen LogP contribution in [0, 0.1) is 5.92 Å². The topological polar surface area (TPSA) is 12.0 Å². The minimum atomic E-state index is 0.635. The summed E-state index contributed by atoms with van der Waals surface area (Å²) in [5.74, 6) is 0.810. The van der Waals surface area contributed by atoms with Crippen molar-refractivity contribution in [2.24, 2.45) is 5.92 Å². The maximum Gasteiger partial charge on any atom is 0.0931 e. The molecule has 3 heteroatoms. The third-order valence-electron chi connectivity index (χ3n) is 3.07. The van der Waals surface area contributed by atoms with Gasteiger partial charge in [0.25, 0.3) is 0 Å². The Morgan fingerprint density at radius 1 is 1.31 bits per heavy atom. The van der Waals surface area contributed by atoms with Crippen molar-refractivity contribution in [3.8, 4) is 0 Å². The van der Waals surface area contributed by atoms with Crippen molar-refractivity contribution in [2.75, 3.05) is 0 Å². The Morgan fingerprint density at radius 3 is 2.56 bits per heavy atom. The maximum absolute atomic E-state index is 5.91. The monoisotopic (exact) mass is 259 g/mol. The molecule has 0 spiro atoms. The van der Waals surface area contributed by atoms with Crippen LogP contribution < -0.4 is 5.32 Å². The molecule has 0 saturated carbocycles. The molecular formula is C13H22ClNS. The van der Waals surface area contributed by atoms with E-state index in [1.54, 1.807) is 11.3 Å². The summed E-state index contributed by atoms with van der Waals surface area (Å²) in [5.41, 5.74) is 0. The van der Waals surface area contributed by atoms with Crippen molar-refractivity contribution in [1.82, 2.24) is 5.32 Å². The van der Waals surface area contributed by atoms with Crippen LogP contribution in [0.3, 0.4) is 0 Å². The molecule has 1 heterocycles. The predicted octanol–water partition coefficient (Wildman–Crippen LogP) is 4.71. The van der Waals surface area contributed by atoms with Gasteiger partial charge in [0.2, 0.25) is 0 Å². The molecule has 0 fully saturated rings. The van der Waals surface area contributed by atoms with E-state index in [-0.39, 0.29) is 0 Å². The van der Waals surface area contributed by atoms with E-state index >= 15 is 0 Å². The average molecular weight is 260 g/mol. The number of rotatable bonds is 7. The summed E-state index contributed by atoms with van der Waals surface area (Å²) in [6.45, 7) is 7.79. The van der Waals surface area contributed by atoms with E-state index in [4.69, 9.17) is 11.6 Å². The third-order valence-corrected chi connectivity index (χ3v) is 4.30. The van der Waals surface area contributed by atoms with E-state index < -0.39 is 0 Å². The normalized spacial score (nSPS) is 15.0. The zero-order valence-corrected chi connectivity index (χ0v) is 12.0. The van der Waals surface area contributed by atoms with Gasteiger partial charge < -0.3 is 5.32 Å². The van der Waals surface area contributed by atoms with Crippen molar-refractivity contribution >= 4 is 22.9 Å². The first-order valence-electron chi connectivity index (χ1n) is 6.13. The first-order chi connectivity index (χ1) is 7.65. The Kier molecular flexibility index (Phi) is 6.40. The van der Waals surface area contributed by atoms with Crippen molar-refractivity contribution in [3.05, 3.63) is 21.3 Å². The molecule has 1 aromatic rings. The molecule has 0 aliphatic heterocycles. The molecule has 1 nitrogen and oxygen atoms in total. The minimum absolute atomic E-state index is 0.635. The minimum Gasteiger partial charge on any atom is -0.309 e. The van der Waals surface area contributed by atoms with Crippen molar-refractivity contribution in [2.45, 2.75) is 52.6 Å². The van der Waals surface area contributed by atoms with Crippen molar-refractivity contribution in [1.29, 1.82) is 0 Å². The molecule has 16 heavy (non-hydrogen) atoms. The fourth-order valence-corrected chi connectivity index (χ4v) is 2.78. The second-order valence-electron chi connectivity index (χ2n) is 4.44. The van der Waals surface area contributed by atoms with E-state index in [0.29, 0.717) is 6.04 Å². The van der Waals surface area contributed by atoms with Gasteiger partial charge in [-0.1, -0.05) is 38.8 Å². The van der Waals surface area contributed by atoms with Gasteiger partial charge in [0.15, 0.2) is 0 Å². The highest BCUT2D eigenvalue weighted by Gasteiger charge is 2.10. The van der Waals surface area contributed by atoms with Crippen molar-refractivity contribution < 1.29 is 0 Å². The van der Waals surface area contributed by atoms with Gasteiger partial charge in [-0.3, -0.25) is 0 Å². The zero-order valence-electron chi connectivity index (χ0n) is 10.4. The Labute approximate surface area is 108 Å². The summed E-state index contributed by atoms with van der Waals surface area (Å²) in [6, 6.07) is 4.71. The largest absolute Gasteiger partial charge is 0.309 e. The summed E-state index contributed by atoms with van der Waals surface area (Å²) in [7, 11) is 0. The van der Waals surface area contributed by atoms with Crippen LogP contribution in [-0.2, 0) is 6.54 Å². The summed E-state index contributed by atoms with van der Waals surface area (Å²) < 4.78 is 0.881. The van der Waals surface area contributed by atoms with Crippen molar-refractivity contribution in [3.63, 3.8) is 0 Å². The van der Waals surface area contributed by atoms with Gasteiger partial charge in [0, 0.05) is 17.5 Å². The highest BCUT2D eigenvalue weighted by molar-refractivity contribution is 7.16. The van der Waals surface area contributed by atoms with E-state index in [9.17, 15) is 0 Å². The summed E-state index contributed by atoms with van der Waals surface area (Å²) in [4.78, 5) is 1.33. The highest BCUT2D eigenvalue weighted by atomic mass is 35.5. The van der Waals surface area contributed by atoms with E-state index in [1.165, 1.54) is 24.1 Å². The van der Waals surface area contributed by atoms with Gasteiger partial charge in [-0.05, 0) is 30.9 Å². The second-order valence-corrected chi connectivity index (χ2v) is 6.24. The maximum atomic E-state index is 5.91. The highest BCUT2D eigenvalue weighted by Crippen LogP contribution is 2.21. The SMILES string of the molecule is CCC(C)CC(CC)NCc1ccc(Cl)s1. The third kappa shape index (κ3) is 4.86. The Bertz CT molecular complexity index is 298. The van der Waals surface area contributed by atoms with Gasteiger partial charge in [-0.2, -0.15) is 0 Å². The lowest BCUT2D eigenvalue weighted by Gasteiger charge is -2.19. The fraction of sp³-hybridized carbons (Fsp3) is 0.692. The molecule has 0 radical (unpaired) electrons. The standard InChI is InChI=1S/C13H22ClNS/c1-4-10(3)8-11(5-2)15-9-12-6-7-13(14)16-12/h6-7,10-11,15H,4-5,8-9H2,1-3H3. The number of hydrogen-bond donors (Lipinski definition) is 1. The quantitative estimate of drug-likeness (QED) is 0.748. The van der Waals surface area contributed by atoms with Gasteiger partial charge in [0.05, 0.1) is 4.34 Å². The Balaban J connectivity index is 2.33. The Morgan fingerprint density at radius 2 is 2.06 bits per heavy atom. The molecule has 1 N–H and O–H groups in total. The summed E-state index contributed by atoms with van der Waals surface area (Å²) in [5, 5.41) is 3.62. The number of thiophene rings is 1. The second kappa shape index (κ2) is 7.31. The molecule has 92 valence electrons. The van der Waals surface area contributed by atoms with Crippen LogP contribution in [0.2, 0.25) is 4.34 Å². The zero-order chi connectivity index (χ0) is 12.0. The molecule has 2 unspecified atom stereocenters. The molecule has 1 aromatic heterocycles. The smallest absolute Gasteiger partial charge is 0.0931 e. The summed E-state index contributed by atoms with van der Waals surface area (Å²) in [6.07, 6.45) is 3.73. The number of halogens is 1. The molecule has 1 rings (SSSR count). The predicted molar refractivity (Wildman–Crippen MR) is 74.3 cm³/mol. The van der Waals surface area contributed by atoms with Gasteiger partial charge in [0.1, 0.15) is 0 Å². The summed E-state index contributed by atoms with van der Waals surface area (Å²) >= 11 is 7.57. The van der Waals surface area contributed by atoms with E-state index in [0.717, 1.165) is 16.8 Å². The molecule has 2 atom stereocenters. The number of hydrogen-bond acceptors (Lipinski definition) is 2. The van der Waals surface area contributed by atoms with Gasteiger partial charge in [-0.15, -0.1) is 11.3 Å². The molecule has 0 saturated heterocycles. The Hall–Kier alpha value is -0.0500. The van der Waals surface area contributed by atoms with Crippen LogP contribution in [-0.4, -0.2) is 6.04 Å². The van der Waals surface area contributed by atoms with E-state index in [2.05, 4.69) is 32.2 Å².